The molecule has 0 radical (unpaired) electrons. The van der Waals surface area contributed by atoms with Gasteiger partial charge < -0.3 is 0 Å². The fourth-order valence-electron chi connectivity index (χ4n) is 0.327. The Kier molecular flexibility index (Phi) is 5.80. The molecule has 0 aliphatic heterocycles. The van der Waals surface area contributed by atoms with Crippen LogP contribution in [0.2, 0.25) is 0 Å². The van der Waals surface area contributed by atoms with Crippen LogP contribution in [0, 0.1) is 0 Å². The van der Waals surface area contributed by atoms with E-state index in [4.69, 9.17) is 0 Å². The van der Waals surface area contributed by atoms with Gasteiger partial charge in [-0.15, -0.1) is 0 Å². The number of aliphatic imine (C=N–C) groups is 2. The van der Waals surface area contributed by atoms with E-state index in [1.54, 1.807) is 0 Å². The fraction of sp³-hybridized carbons (Fsp3) is 0.750. The molecule has 0 spiro atoms. The minimum Gasteiger partial charge on any atom is -0.221 e. The van der Waals surface area contributed by atoms with Crippen LogP contribution in [0.25, 0.3) is 0 Å². The summed E-state index contributed by atoms with van der Waals surface area (Å²) in [4.78, 5) is 7.70. The van der Waals surface area contributed by atoms with Gasteiger partial charge in [0.05, 0.1) is 12.1 Å². The van der Waals surface area contributed by atoms with E-state index >= 15 is 0 Å². The van der Waals surface area contributed by atoms with E-state index in [9.17, 15) is 0 Å². The van der Waals surface area contributed by atoms with Crippen LogP contribution in [0.15, 0.2) is 20.2 Å². The summed E-state index contributed by atoms with van der Waals surface area (Å²) in [6, 6.07) is 5.24. The monoisotopic (exact) mass is 166 g/mol. The van der Waals surface area contributed by atoms with Crippen molar-refractivity contribution in [3.63, 3.8) is 0 Å². The Morgan fingerprint density at radius 1 is 0.750 bits per heavy atom. The third-order valence-corrected chi connectivity index (χ3v) is 0.771. The second-order valence-corrected chi connectivity index (χ2v) is 2.85. The molecule has 0 saturated heterocycles. The number of hydrogen-bond acceptors (Lipinski definition) is 4. The van der Waals surface area contributed by atoms with Crippen LogP contribution in [0.5, 0.6) is 0 Å². The summed E-state index contributed by atoms with van der Waals surface area (Å²) < 4.78 is 0. The smallest absolute Gasteiger partial charge is 0.118 e. The van der Waals surface area contributed by atoms with Crippen molar-refractivity contribution in [1.29, 1.82) is 0 Å². The molecule has 0 aromatic carbocycles. The molecule has 0 saturated carbocycles. The fourth-order valence-corrected chi connectivity index (χ4v) is 0.327. The van der Waals surface area contributed by atoms with E-state index in [-0.39, 0.29) is 12.1 Å². The largest absolute Gasteiger partial charge is 0.221 e. The average molecular weight is 166 g/mol. The predicted octanol–water partition coefficient (Wildman–Crippen LogP) is 2.07. The summed E-state index contributed by atoms with van der Waals surface area (Å²) >= 11 is 0. The van der Waals surface area contributed by atoms with Crippen LogP contribution in [-0.2, 0) is 0 Å². The van der Waals surface area contributed by atoms with Gasteiger partial charge in [0.25, 0.3) is 0 Å². The van der Waals surface area contributed by atoms with Crippen LogP contribution < -0.4 is 0 Å². The van der Waals surface area contributed by atoms with Crippen LogP contribution in [0.3, 0.4) is 0 Å². The van der Waals surface area contributed by atoms with Gasteiger partial charge in [-0.05, 0) is 27.7 Å². The minimum absolute atomic E-state index is 0.200. The maximum absolute atomic E-state index is 3.85. The molecule has 0 rings (SSSR count). The standard InChI is InChI=1S/C8H14N4/c1-7(2)9-5-11-12-6-10-8(3)4/h7-8H,1-4H3. The first-order chi connectivity index (χ1) is 5.63. The number of rotatable bonds is 3. The predicted molar refractivity (Wildman–Crippen MR) is 50.0 cm³/mol. The van der Waals surface area contributed by atoms with Crippen molar-refractivity contribution in [3.05, 3.63) is 0 Å². The molecule has 4 nitrogen and oxygen atoms in total. The maximum Gasteiger partial charge on any atom is 0.118 e. The Morgan fingerprint density at radius 3 is 1.33 bits per heavy atom. The SMILES string of the molecule is CC(C)N=C=NN=C=NC(C)C. The highest BCUT2D eigenvalue weighted by molar-refractivity contribution is 5.45. The van der Waals surface area contributed by atoms with Crippen molar-refractivity contribution in [3.8, 4) is 0 Å². The van der Waals surface area contributed by atoms with E-state index in [1.807, 2.05) is 27.7 Å². The molecule has 0 amide bonds. The van der Waals surface area contributed by atoms with Gasteiger partial charge in [-0.3, -0.25) is 0 Å². The summed E-state index contributed by atoms with van der Waals surface area (Å²) in [7, 11) is 0. The molecule has 0 unspecified atom stereocenters. The van der Waals surface area contributed by atoms with E-state index in [1.165, 1.54) is 0 Å². The Morgan fingerprint density at radius 2 is 1.08 bits per heavy atom. The molecule has 0 aliphatic rings. The minimum atomic E-state index is 0.200. The molecule has 0 aromatic rings. The van der Waals surface area contributed by atoms with Gasteiger partial charge in [0, 0.05) is 0 Å². The first-order valence-electron chi connectivity index (χ1n) is 3.92. The molecule has 0 heterocycles. The molecular weight excluding hydrogens is 152 g/mol. The van der Waals surface area contributed by atoms with Crippen LogP contribution in [0.4, 0.5) is 0 Å². The lowest BCUT2D eigenvalue weighted by atomic mass is 10.4. The first-order valence-corrected chi connectivity index (χ1v) is 3.92. The number of nitrogens with zero attached hydrogens (tertiary/aromatic N) is 4. The molecule has 0 bridgehead atoms. The lowest BCUT2D eigenvalue weighted by molar-refractivity contribution is 0.838. The Bertz CT molecular complexity index is 201. The van der Waals surface area contributed by atoms with Gasteiger partial charge in [0.2, 0.25) is 0 Å². The molecule has 0 aliphatic carbocycles. The third kappa shape index (κ3) is 8.76. The highest BCUT2D eigenvalue weighted by atomic mass is 15.2. The zero-order valence-electron chi connectivity index (χ0n) is 7.94. The Hall–Kier alpha value is -1.24. The summed E-state index contributed by atoms with van der Waals surface area (Å²) in [5.74, 6) is 0. The van der Waals surface area contributed by atoms with Gasteiger partial charge in [0.1, 0.15) is 12.0 Å². The zero-order valence-corrected chi connectivity index (χ0v) is 7.94. The highest BCUT2D eigenvalue weighted by Crippen LogP contribution is 1.82. The summed E-state index contributed by atoms with van der Waals surface area (Å²) in [5.41, 5.74) is 0. The van der Waals surface area contributed by atoms with Crippen molar-refractivity contribution in [2.24, 2.45) is 20.2 Å². The summed E-state index contributed by atoms with van der Waals surface area (Å²) in [6.07, 6.45) is 0. The van der Waals surface area contributed by atoms with Crippen molar-refractivity contribution < 1.29 is 0 Å². The lowest BCUT2D eigenvalue weighted by Gasteiger charge is -1.85. The third-order valence-electron chi connectivity index (χ3n) is 0.771. The van der Waals surface area contributed by atoms with Crippen LogP contribution in [-0.4, -0.2) is 24.1 Å². The van der Waals surface area contributed by atoms with Gasteiger partial charge in [-0.2, -0.15) is 0 Å². The number of hydrogen-bond donors (Lipinski definition) is 0. The van der Waals surface area contributed by atoms with Crippen molar-refractivity contribution in [2.45, 2.75) is 39.8 Å². The molecule has 12 heavy (non-hydrogen) atoms. The van der Waals surface area contributed by atoms with Gasteiger partial charge in [-0.1, -0.05) is 10.2 Å². The Balaban J connectivity index is 3.97. The van der Waals surface area contributed by atoms with E-state index in [0.717, 1.165) is 0 Å². The average Bonchev–Trinajstić information content (AvgIpc) is 1.95. The molecule has 0 aromatic heterocycles. The maximum atomic E-state index is 3.85. The van der Waals surface area contributed by atoms with Gasteiger partial charge >= 0.3 is 0 Å². The van der Waals surface area contributed by atoms with Gasteiger partial charge in [0.15, 0.2) is 0 Å². The molecule has 66 valence electrons. The Labute approximate surface area is 72.8 Å². The highest BCUT2D eigenvalue weighted by Gasteiger charge is 1.80. The molecular formula is C8H14N4. The normalized spacial score (nSPS) is 8.83. The summed E-state index contributed by atoms with van der Waals surface area (Å²) in [6.45, 7) is 7.76. The zero-order chi connectivity index (χ0) is 9.40. The van der Waals surface area contributed by atoms with E-state index in [0.29, 0.717) is 0 Å². The van der Waals surface area contributed by atoms with Gasteiger partial charge in [-0.25, -0.2) is 9.98 Å². The quantitative estimate of drug-likeness (QED) is 0.455. The topological polar surface area (TPSA) is 49.4 Å². The van der Waals surface area contributed by atoms with Crippen LogP contribution >= 0.6 is 0 Å². The first kappa shape index (κ1) is 10.8. The molecule has 4 heteroatoms. The van der Waals surface area contributed by atoms with Crippen molar-refractivity contribution >= 4 is 12.0 Å². The molecule has 0 N–H and O–H groups in total. The second-order valence-electron chi connectivity index (χ2n) is 2.85. The van der Waals surface area contributed by atoms with Crippen molar-refractivity contribution in [1.82, 2.24) is 0 Å². The molecule has 0 fully saturated rings. The van der Waals surface area contributed by atoms with E-state index in [2.05, 4.69) is 32.2 Å². The summed E-state index contributed by atoms with van der Waals surface area (Å²) in [5, 5.41) is 6.97. The lowest BCUT2D eigenvalue weighted by Crippen LogP contribution is -1.85. The van der Waals surface area contributed by atoms with Crippen molar-refractivity contribution in [2.75, 3.05) is 0 Å². The van der Waals surface area contributed by atoms with E-state index < -0.39 is 0 Å². The van der Waals surface area contributed by atoms with Crippen LogP contribution in [0.1, 0.15) is 27.7 Å². The second kappa shape index (κ2) is 6.47. The molecule has 0 atom stereocenters.